The van der Waals surface area contributed by atoms with Gasteiger partial charge in [-0.1, -0.05) is 121 Å². The molecule has 3 heteroatoms. The summed E-state index contributed by atoms with van der Waals surface area (Å²) >= 11 is 0. The highest BCUT2D eigenvalue weighted by molar-refractivity contribution is 7.86. The van der Waals surface area contributed by atoms with Crippen LogP contribution >= 0.6 is 7.14 Å². The summed E-state index contributed by atoms with van der Waals surface area (Å²) in [6.45, 7) is 1.57. The molecular formula is C40H25O2P. The first-order valence-electron chi connectivity index (χ1n) is 14.6. The van der Waals surface area contributed by atoms with Crippen molar-refractivity contribution in [3.63, 3.8) is 0 Å². The Labute approximate surface area is 248 Å². The van der Waals surface area contributed by atoms with Crippen molar-refractivity contribution in [2.75, 3.05) is 0 Å². The Kier molecular flexibility index (Phi) is 4.99. The fourth-order valence-corrected chi connectivity index (χ4v) is 10.3. The van der Waals surface area contributed by atoms with Crippen molar-refractivity contribution in [3.8, 4) is 0 Å². The van der Waals surface area contributed by atoms with Gasteiger partial charge in [0.05, 0.1) is 0 Å². The first kappa shape index (κ1) is 24.5. The lowest BCUT2D eigenvalue weighted by Crippen LogP contribution is -2.26. The van der Waals surface area contributed by atoms with Gasteiger partial charge in [-0.3, -0.25) is 4.79 Å². The van der Waals surface area contributed by atoms with Gasteiger partial charge in [-0.2, -0.15) is 0 Å². The molecule has 0 amide bonds. The van der Waals surface area contributed by atoms with Crippen molar-refractivity contribution >= 4 is 93.5 Å². The molecule has 0 fully saturated rings. The molecule has 9 rings (SSSR count). The summed E-state index contributed by atoms with van der Waals surface area (Å²) in [5.74, 6) is -0.00755. The van der Waals surface area contributed by atoms with Crippen LogP contribution < -0.4 is 15.9 Å². The molecule has 0 aliphatic carbocycles. The summed E-state index contributed by atoms with van der Waals surface area (Å²) in [5.41, 5.74) is 0.612. The van der Waals surface area contributed by atoms with Gasteiger partial charge in [-0.15, -0.1) is 0 Å². The molecule has 0 aliphatic heterocycles. The summed E-state index contributed by atoms with van der Waals surface area (Å²) < 4.78 is 16.3. The summed E-state index contributed by atoms with van der Waals surface area (Å²) in [4.78, 5) is 12.2. The van der Waals surface area contributed by atoms with Crippen molar-refractivity contribution in [2.45, 2.75) is 6.92 Å². The molecule has 0 N–H and O–H groups in total. The lowest BCUT2D eigenvalue weighted by atomic mass is 9.94. The number of Topliss-reactive ketones (excluding diaryl/α,β-unsaturated/α-hetero) is 1. The lowest BCUT2D eigenvalue weighted by Gasteiger charge is -2.25. The molecule has 0 bridgehead atoms. The molecular weight excluding hydrogens is 543 g/mol. The number of benzene rings is 9. The number of rotatable bonds is 4. The molecule has 0 radical (unpaired) electrons. The van der Waals surface area contributed by atoms with E-state index in [2.05, 4.69) is 109 Å². The normalized spacial score (nSPS) is 12.5. The fourth-order valence-electron chi connectivity index (χ4n) is 7.30. The molecule has 43 heavy (non-hydrogen) atoms. The van der Waals surface area contributed by atoms with Crippen molar-refractivity contribution in [1.29, 1.82) is 0 Å². The third-order valence-corrected chi connectivity index (χ3v) is 12.5. The Morgan fingerprint density at radius 1 is 0.442 bits per heavy atom. The lowest BCUT2D eigenvalue weighted by molar-refractivity contribution is 0.101. The van der Waals surface area contributed by atoms with Crippen LogP contribution in [-0.4, -0.2) is 5.78 Å². The molecule has 0 heterocycles. The molecule has 9 aromatic carbocycles. The molecule has 202 valence electrons. The Hall–Kier alpha value is -5.04. The molecule has 2 nitrogen and oxygen atoms in total. The Balaban J connectivity index is 1.45. The third kappa shape index (κ3) is 3.30. The Bertz CT molecular complexity index is 2430. The SMILES string of the molecule is CC(=O)c1ccc(P(=O)(c2ccc3ccc4cccc5ccc2c3c45)c2ccc3ccc4cccc5ccc2c3c45)cc1. The molecule has 0 spiro atoms. The molecule has 0 saturated carbocycles. The van der Waals surface area contributed by atoms with Crippen LogP contribution in [0.2, 0.25) is 0 Å². The maximum absolute atomic E-state index is 16.3. The second-order valence-electron chi connectivity index (χ2n) is 11.6. The van der Waals surface area contributed by atoms with E-state index in [-0.39, 0.29) is 5.78 Å². The van der Waals surface area contributed by atoms with Gasteiger partial charge in [0.2, 0.25) is 0 Å². The quantitative estimate of drug-likeness (QED) is 0.120. The summed E-state index contributed by atoms with van der Waals surface area (Å²) in [5, 5.41) is 16.1. The highest BCUT2D eigenvalue weighted by Crippen LogP contribution is 2.49. The molecule has 0 aromatic heterocycles. The minimum absolute atomic E-state index is 0.00755. The smallest absolute Gasteiger partial charge is 0.172 e. The summed E-state index contributed by atoms with van der Waals surface area (Å²) in [6.07, 6.45) is 0. The minimum atomic E-state index is -3.45. The maximum atomic E-state index is 16.3. The van der Waals surface area contributed by atoms with E-state index in [9.17, 15) is 4.79 Å². The second-order valence-corrected chi connectivity index (χ2v) is 14.3. The number of carbonyl (C=O) groups is 1. The maximum Gasteiger partial charge on any atom is 0.172 e. The first-order chi connectivity index (χ1) is 21.0. The molecule has 9 aromatic rings. The monoisotopic (exact) mass is 568 g/mol. The van der Waals surface area contributed by atoms with Crippen LogP contribution in [0.4, 0.5) is 0 Å². The fraction of sp³-hybridized carbons (Fsp3) is 0.0250. The zero-order valence-electron chi connectivity index (χ0n) is 23.5. The number of carbonyl (C=O) groups excluding carboxylic acids is 1. The van der Waals surface area contributed by atoms with Crippen molar-refractivity contribution in [3.05, 3.63) is 139 Å². The van der Waals surface area contributed by atoms with E-state index in [0.29, 0.717) is 5.56 Å². The first-order valence-corrected chi connectivity index (χ1v) is 16.3. The summed E-state index contributed by atoms with van der Waals surface area (Å²) in [6, 6.07) is 45.8. The minimum Gasteiger partial charge on any atom is -0.309 e. The van der Waals surface area contributed by atoms with Crippen LogP contribution in [0.15, 0.2) is 133 Å². The van der Waals surface area contributed by atoms with E-state index in [4.69, 9.17) is 0 Å². The average Bonchev–Trinajstić information content (AvgIpc) is 3.05. The largest absolute Gasteiger partial charge is 0.309 e. The van der Waals surface area contributed by atoms with Crippen LogP contribution in [0.5, 0.6) is 0 Å². The highest BCUT2D eigenvalue weighted by Gasteiger charge is 2.34. The van der Waals surface area contributed by atoms with Crippen molar-refractivity contribution < 1.29 is 9.36 Å². The Morgan fingerprint density at radius 2 is 0.814 bits per heavy atom. The Morgan fingerprint density at radius 3 is 1.23 bits per heavy atom. The van der Waals surface area contributed by atoms with Gasteiger partial charge in [0.1, 0.15) is 0 Å². The molecule has 0 aliphatic rings. The van der Waals surface area contributed by atoms with Gasteiger partial charge in [-0.05, 0) is 83.7 Å². The van der Waals surface area contributed by atoms with E-state index in [1.165, 1.54) is 32.3 Å². The third-order valence-electron chi connectivity index (χ3n) is 9.33. The van der Waals surface area contributed by atoms with E-state index < -0.39 is 7.14 Å². The van der Waals surface area contributed by atoms with Gasteiger partial charge < -0.3 is 4.57 Å². The number of ketones is 1. The standard InChI is InChI=1S/C40H25O2P/c1-24(41)25-12-18-32(19-13-25)43(42,35-22-16-30-10-8-26-4-2-6-28-14-20-33(35)39(30)37(26)28)36-23-17-31-11-9-27-5-3-7-29-15-21-34(36)40(31)38(27)29/h2-23H,1H3. The van der Waals surface area contributed by atoms with Gasteiger partial charge in [-0.25, -0.2) is 0 Å². The van der Waals surface area contributed by atoms with Gasteiger partial charge in [0.15, 0.2) is 12.9 Å². The van der Waals surface area contributed by atoms with E-state index in [1.54, 1.807) is 6.92 Å². The van der Waals surface area contributed by atoms with Crippen LogP contribution in [-0.2, 0) is 4.57 Å². The van der Waals surface area contributed by atoms with Crippen molar-refractivity contribution in [1.82, 2.24) is 0 Å². The average molecular weight is 569 g/mol. The molecule has 0 saturated heterocycles. The van der Waals surface area contributed by atoms with Gasteiger partial charge in [0.25, 0.3) is 0 Å². The van der Waals surface area contributed by atoms with Gasteiger partial charge in [0, 0.05) is 21.5 Å². The van der Waals surface area contributed by atoms with E-state index in [0.717, 1.165) is 48.2 Å². The zero-order chi connectivity index (χ0) is 28.9. The van der Waals surface area contributed by atoms with Crippen LogP contribution in [0.25, 0.3) is 64.6 Å². The van der Waals surface area contributed by atoms with Gasteiger partial charge >= 0.3 is 0 Å². The van der Waals surface area contributed by atoms with Crippen LogP contribution in [0, 0.1) is 0 Å². The van der Waals surface area contributed by atoms with Crippen LogP contribution in [0.1, 0.15) is 17.3 Å². The predicted molar refractivity (Wildman–Crippen MR) is 183 cm³/mol. The van der Waals surface area contributed by atoms with Crippen LogP contribution in [0.3, 0.4) is 0 Å². The second kappa shape index (κ2) is 8.74. The zero-order valence-corrected chi connectivity index (χ0v) is 24.4. The summed E-state index contributed by atoms with van der Waals surface area (Å²) in [7, 11) is -3.45. The predicted octanol–water partition coefficient (Wildman–Crippen LogP) is 9.32. The topological polar surface area (TPSA) is 34.1 Å². The van der Waals surface area contributed by atoms with E-state index >= 15 is 4.57 Å². The highest BCUT2D eigenvalue weighted by atomic mass is 31.2. The van der Waals surface area contributed by atoms with E-state index in [1.807, 2.05) is 24.3 Å². The van der Waals surface area contributed by atoms with Crippen molar-refractivity contribution in [2.24, 2.45) is 0 Å². The number of hydrogen-bond acceptors (Lipinski definition) is 2. The molecule has 0 atom stereocenters. The molecule has 0 unspecified atom stereocenters. The number of hydrogen-bond donors (Lipinski definition) is 0.